The molecular formula is C20H28N4O2. The molecule has 140 valence electrons. The number of nitrogens with one attached hydrogen (secondary N) is 1. The molecule has 6 heteroatoms. The smallest absolute Gasteiger partial charge is 0.231 e. The summed E-state index contributed by atoms with van der Waals surface area (Å²) in [6.07, 6.45) is 1.29. The summed E-state index contributed by atoms with van der Waals surface area (Å²) in [4.78, 5) is 7.01. The van der Waals surface area contributed by atoms with Crippen molar-refractivity contribution in [2.45, 2.75) is 45.2 Å². The topological polar surface area (TPSA) is 63.4 Å². The van der Waals surface area contributed by atoms with Gasteiger partial charge in [0.1, 0.15) is 0 Å². The van der Waals surface area contributed by atoms with Crippen molar-refractivity contribution < 1.29 is 9.26 Å². The molecule has 0 spiro atoms. The minimum absolute atomic E-state index is 0.250. The van der Waals surface area contributed by atoms with E-state index in [9.17, 15) is 0 Å². The van der Waals surface area contributed by atoms with Crippen LogP contribution in [0.3, 0.4) is 0 Å². The number of aryl methyl sites for hydroxylation is 3. The SMILES string of the molecule is Cc1noc(C2CC(c3ccc(C)c(C)c3)CN(C3COCCN3)C2)n1. The molecule has 1 aromatic heterocycles. The highest BCUT2D eigenvalue weighted by molar-refractivity contribution is 5.32. The number of benzene rings is 1. The van der Waals surface area contributed by atoms with Gasteiger partial charge in [0.2, 0.25) is 5.89 Å². The third kappa shape index (κ3) is 3.68. The maximum atomic E-state index is 5.70. The molecule has 3 heterocycles. The van der Waals surface area contributed by atoms with Crippen molar-refractivity contribution in [3.05, 3.63) is 46.6 Å². The number of aromatic nitrogens is 2. The maximum Gasteiger partial charge on any atom is 0.231 e. The highest BCUT2D eigenvalue weighted by Crippen LogP contribution is 2.36. The van der Waals surface area contributed by atoms with Crippen molar-refractivity contribution in [1.82, 2.24) is 20.4 Å². The average molecular weight is 356 g/mol. The molecular weight excluding hydrogens is 328 g/mol. The van der Waals surface area contributed by atoms with Crippen molar-refractivity contribution >= 4 is 0 Å². The molecule has 1 N–H and O–H groups in total. The fraction of sp³-hybridized carbons (Fsp3) is 0.600. The number of piperidine rings is 1. The normalized spacial score (nSPS) is 27.6. The molecule has 1 aromatic carbocycles. The summed E-state index contributed by atoms with van der Waals surface area (Å²) in [7, 11) is 0. The molecule has 2 aliphatic rings. The highest BCUT2D eigenvalue weighted by atomic mass is 16.5. The van der Waals surface area contributed by atoms with Crippen LogP contribution in [-0.4, -0.2) is 54.1 Å². The third-order valence-electron chi connectivity index (χ3n) is 5.72. The predicted octanol–water partition coefficient (Wildman–Crippen LogP) is 2.51. The Balaban J connectivity index is 1.60. The zero-order valence-electron chi connectivity index (χ0n) is 15.9. The Hall–Kier alpha value is -1.76. The first kappa shape index (κ1) is 17.6. The van der Waals surface area contributed by atoms with E-state index in [-0.39, 0.29) is 12.1 Å². The Labute approximate surface area is 154 Å². The average Bonchev–Trinajstić information content (AvgIpc) is 3.11. The number of nitrogens with zero attached hydrogens (tertiary/aromatic N) is 3. The zero-order valence-corrected chi connectivity index (χ0v) is 15.9. The maximum absolute atomic E-state index is 5.70. The van der Waals surface area contributed by atoms with Gasteiger partial charge in [0.25, 0.3) is 0 Å². The molecule has 3 unspecified atom stereocenters. The van der Waals surface area contributed by atoms with Crippen molar-refractivity contribution in [1.29, 1.82) is 0 Å². The van der Waals surface area contributed by atoms with Crippen LogP contribution in [-0.2, 0) is 4.74 Å². The Kier molecular flexibility index (Phi) is 5.07. The van der Waals surface area contributed by atoms with Gasteiger partial charge in [0, 0.05) is 19.6 Å². The summed E-state index contributed by atoms with van der Waals surface area (Å²) in [5, 5.41) is 7.60. The van der Waals surface area contributed by atoms with Crippen molar-refractivity contribution in [3.8, 4) is 0 Å². The van der Waals surface area contributed by atoms with Gasteiger partial charge in [0.05, 0.1) is 25.3 Å². The van der Waals surface area contributed by atoms with E-state index >= 15 is 0 Å². The molecule has 0 saturated carbocycles. The van der Waals surface area contributed by atoms with Gasteiger partial charge in [-0.3, -0.25) is 10.2 Å². The molecule has 3 atom stereocenters. The molecule has 0 radical (unpaired) electrons. The van der Waals surface area contributed by atoms with Crippen LogP contribution in [0.15, 0.2) is 22.7 Å². The molecule has 2 aromatic rings. The highest BCUT2D eigenvalue weighted by Gasteiger charge is 2.35. The standard InChI is InChI=1S/C20H28N4O2/c1-13-4-5-16(8-14(13)2)17-9-18(20-22-15(3)23-26-20)11-24(10-17)19-12-25-7-6-21-19/h4-5,8,17-19,21H,6-7,9-12H2,1-3H3. The van der Waals surface area contributed by atoms with Crippen LogP contribution < -0.4 is 5.32 Å². The van der Waals surface area contributed by atoms with Gasteiger partial charge in [-0.05, 0) is 49.8 Å². The summed E-state index contributed by atoms with van der Waals surface area (Å²) in [5.41, 5.74) is 4.09. The van der Waals surface area contributed by atoms with Crippen LogP contribution in [0.4, 0.5) is 0 Å². The van der Waals surface area contributed by atoms with Gasteiger partial charge in [-0.15, -0.1) is 0 Å². The Morgan fingerprint density at radius 2 is 1.96 bits per heavy atom. The largest absolute Gasteiger partial charge is 0.377 e. The summed E-state index contributed by atoms with van der Waals surface area (Å²) >= 11 is 0. The summed E-state index contributed by atoms with van der Waals surface area (Å²) in [6.45, 7) is 10.6. The van der Waals surface area contributed by atoms with E-state index in [1.807, 2.05) is 6.92 Å². The Bertz CT molecular complexity index is 754. The van der Waals surface area contributed by atoms with Crippen LogP contribution in [0.2, 0.25) is 0 Å². The van der Waals surface area contributed by atoms with E-state index in [4.69, 9.17) is 9.26 Å². The number of morpholine rings is 1. The molecule has 2 fully saturated rings. The van der Waals surface area contributed by atoms with Crippen LogP contribution >= 0.6 is 0 Å². The molecule has 0 aliphatic carbocycles. The first-order chi connectivity index (χ1) is 12.6. The van der Waals surface area contributed by atoms with E-state index in [0.29, 0.717) is 11.7 Å². The monoisotopic (exact) mass is 356 g/mol. The molecule has 26 heavy (non-hydrogen) atoms. The van der Waals surface area contributed by atoms with Gasteiger partial charge in [-0.25, -0.2) is 0 Å². The van der Waals surface area contributed by atoms with Crippen molar-refractivity contribution in [2.75, 3.05) is 32.8 Å². The number of hydrogen-bond acceptors (Lipinski definition) is 6. The summed E-state index contributed by atoms with van der Waals surface area (Å²) in [6, 6.07) is 6.85. The molecule has 4 rings (SSSR count). The van der Waals surface area contributed by atoms with E-state index in [1.165, 1.54) is 16.7 Å². The van der Waals surface area contributed by atoms with Crippen molar-refractivity contribution in [3.63, 3.8) is 0 Å². The fourth-order valence-electron chi connectivity index (χ4n) is 4.09. The number of ether oxygens (including phenoxy) is 1. The fourth-order valence-corrected chi connectivity index (χ4v) is 4.09. The van der Waals surface area contributed by atoms with E-state index in [0.717, 1.165) is 45.2 Å². The van der Waals surface area contributed by atoms with Crippen LogP contribution in [0.5, 0.6) is 0 Å². The third-order valence-corrected chi connectivity index (χ3v) is 5.72. The van der Waals surface area contributed by atoms with Crippen LogP contribution in [0, 0.1) is 20.8 Å². The van der Waals surface area contributed by atoms with Gasteiger partial charge in [-0.1, -0.05) is 23.4 Å². The number of likely N-dealkylation sites (tertiary alicyclic amines) is 1. The zero-order chi connectivity index (χ0) is 18.1. The molecule has 2 aliphatic heterocycles. The summed E-state index contributed by atoms with van der Waals surface area (Å²) in [5.74, 6) is 2.17. The summed E-state index contributed by atoms with van der Waals surface area (Å²) < 4.78 is 11.2. The van der Waals surface area contributed by atoms with Gasteiger partial charge >= 0.3 is 0 Å². The predicted molar refractivity (Wildman–Crippen MR) is 99.2 cm³/mol. The molecule has 6 nitrogen and oxygen atoms in total. The lowest BCUT2D eigenvalue weighted by molar-refractivity contribution is -0.00688. The second kappa shape index (κ2) is 7.47. The van der Waals surface area contributed by atoms with Crippen molar-refractivity contribution in [2.24, 2.45) is 0 Å². The number of rotatable bonds is 3. The quantitative estimate of drug-likeness (QED) is 0.912. The second-order valence-electron chi connectivity index (χ2n) is 7.65. The first-order valence-corrected chi connectivity index (χ1v) is 9.52. The minimum atomic E-state index is 0.250. The first-order valence-electron chi connectivity index (χ1n) is 9.52. The minimum Gasteiger partial charge on any atom is -0.377 e. The Morgan fingerprint density at radius 3 is 2.65 bits per heavy atom. The second-order valence-corrected chi connectivity index (χ2v) is 7.65. The molecule has 0 amide bonds. The molecule has 2 saturated heterocycles. The number of hydrogen-bond donors (Lipinski definition) is 1. The lowest BCUT2D eigenvalue weighted by Gasteiger charge is -2.42. The Morgan fingerprint density at radius 1 is 1.12 bits per heavy atom. The van der Waals surface area contributed by atoms with Crippen LogP contribution in [0.1, 0.15) is 46.7 Å². The van der Waals surface area contributed by atoms with E-state index < -0.39 is 0 Å². The lowest BCUT2D eigenvalue weighted by Crippen LogP contribution is -2.56. The van der Waals surface area contributed by atoms with E-state index in [1.54, 1.807) is 0 Å². The lowest BCUT2D eigenvalue weighted by atomic mass is 9.83. The van der Waals surface area contributed by atoms with Gasteiger partial charge in [0.15, 0.2) is 5.82 Å². The van der Waals surface area contributed by atoms with Crippen LogP contribution in [0.25, 0.3) is 0 Å². The molecule has 0 bridgehead atoms. The van der Waals surface area contributed by atoms with Gasteiger partial charge in [-0.2, -0.15) is 4.98 Å². The van der Waals surface area contributed by atoms with Gasteiger partial charge < -0.3 is 9.26 Å². The van der Waals surface area contributed by atoms with E-state index in [2.05, 4.69) is 52.4 Å².